The number of ether oxygens (including phenoxy) is 4. The van der Waals surface area contributed by atoms with E-state index in [-0.39, 0.29) is 25.7 Å². The van der Waals surface area contributed by atoms with E-state index in [2.05, 4.69) is 41.5 Å². The monoisotopic (exact) mass is 1450 g/mol. The molecular weight excluding hydrogens is 1290 g/mol. The van der Waals surface area contributed by atoms with E-state index in [9.17, 15) is 43.2 Å². The van der Waals surface area contributed by atoms with Crippen molar-refractivity contribution < 1.29 is 80.2 Å². The van der Waals surface area contributed by atoms with Crippen LogP contribution in [0.2, 0.25) is 0 Å². The summed E-state index contributed by atoms with van der Waals surface area (Å²) in [7, 11) is -9.91. The number of phosphoric acid groups is 2. The Labute approximate surface area is 607 Å². The van der Waals surface area contributed by atoms with Crippen LogP contribution in [-0.2, 0) is 65.4 Å². The minimum atomic E-state index is -4.96. The van der Waals surface area contributed by atoms with Crippen LogP contribution in [0.5, 0.6) is 0 Å². The minimum Gasteiger partial charge on any atom is -0.462 e. The molecule has 0 radical (unpaired) electrons. The maximum Gasteiger partial charge on any atom is 0.472 e. The Hall–Kier alpha value is -1.94. The first kappa shape index (κ1) is 97.1. The zero-order chi connectivity index (χ0) is 72.8. The molecule has 7 atom stereocenters. The fourth-order valence-electron chi connectivity index (χ4n) is 12.3. The quantitative estimate of drug-likeness (QED) is 0.0222. The Morgan fingerprint density at radius 1 is 0.283 bits per heavy atom. The highest BCUT2D eigenvalue weighted by atomic mass is 31.2. The Bertz CT molecular complexity index is 1910. The van der Waals surface area contributed by atoms with Gasteiger partial charge in [0.1, 0.15) is 19.3 Å². The molecule has 0 aromatic rings. The highest BCUT2D eigenvalue weighted by Gasteiger charge is 2.30. The lowest BCUT2D eigenvalue weighted by atomic mass is 9.99. The first-order valence-corrected chi connectivity index (χ1v) is 44.6. The number of phosphoric ester groups is 2. The normalized spacial score (nSPS) is 14.5. The lowest BCUT2D eigenvalue weighted by Gasteiger charge is -2.21. The molecule has 0 saturated heterocycles. The number of unbranched alkanes of at least 4 members (excludes halogenated alkanes) is 47. The molecule has 0 aliphatic rings. The SMILES string of the molecule is CCCCCCCCCCCCCCCCCCCCC(=O)O[C@H](COC(=O)CCCCCCC)COP(=O)(O)OC[C@H](O)COP(=O)(O)OC[C@@H](COC(=O)CCCCCCCCCCCCCCCCC(C)CC)OC(=O)CCCCCCCCCCCCCCCCC(C)CC. The second-order valence-corrected chi connectivity index (χ2v) is 32.2. The molecule has 0 rings (SSSR count). The predicted octanol–water partition coefficient (Wildman–Crippen LogP) is 23.9. The molecule has 99 heavy (non-hydrogen) atoms. The van der Waals surface area contributed by atoms with E-state index in [1.165, 1.54) is 231 Å². The minimum absolute atomic E-state index is 0.108. The van der Waals surface area contributed by atoms with Crippen molar-refractivity contribution in [2.45, 2.75) is 439 Å². The van der Waals surface area contributed by atoms with Crippen molar-refractivity contribution in [1.82, 2.24) is 0 Å². The Balaban J connectivity index is 5.12. The number of esters is 4. The molecule has 588 valence electrons. The molecule has 17 nitrogen and oxygen atoms in total. The first-order valence-electron chi connectivity index (χ1n) is 41.6. The van der Waals surface area contributed by atoms with Crippen LogP contribution in [0.4, 0.5) is 0 Å². The van der Waals surface area contributed by atoms with Crippen LogP contribution < -0.4 is 0 Å². The van der Waals surface area contributed by atoms with Crippen molar-refractivity contribution in [1.29, 1.82) is 0 Å². The molecule has 0 aliphatic heterocycles. The molecule has 4 unspecified atom stereocenters. The van der Waals surface area contributed by atoms with Crippen molar-refractivity contribution in [3.05, 3.63) is 0 Å². The van der Waals surface area contributed by atoms with Gasteiger partial charge in [0.25, 0.3) is 0 Å². The van der Waals surface area contributed by atoms with Gasteiger partial charge in [-0.2, -0.15) is 0 Å². The molecule has 19 heteroatoms. The molecule has 0 aromatic carbocycles. The number of aliphatic hydroxyl groups is 1. The van der Waals surface area contributed by atoms with E-state index in [1.807, 2.05) is 0 Å². The molecule has 0 spiro atoms. The maximum atomic E-state index is 13.1. The van der Waals surface area contributed by atoms with Gasteiger partial charge in [0.2, 0.25) is 0 Å². The van der Waals surface area contributed by atoms with E-state index in [1.54, 1.807) is 0 Å². The zero-order valence-electron chi connectivity index (χ0n) is 64.8. The highest BCUT2D eigenvalue weighted by Crippen LogP contribution is 2.45. The van der Waals surface area contributed by atoms with E-state index in [0.717, 1.165) is 108 Å². The van der Waals surface area contributed by atoms with Gasteiger partial charge < -0.3 is 33.8 Å². The molecule has 0 aromatic heterocycles. The third-order valence-electron chi connectivity index (χ3n) is 19.4. The smallest absolute Gasteiger partial charge is 0.462 e. The third-order valence-corrected chi connectivity index (χ3v) is 21.3. The van der Waals surface area contributed by atoms with Crippen molar-refractivity contribution >= 4 is 39.5 Å². The number of carbonyl (C=O) groups excluding carboxylic acids is 4. The van der Waals surface area contributed by atoms with E-state index >= 15 is 0 Å². The second kappa shape index (κ2) is 71.7. The summed E-state index contributed by atoms with van der Waals surface area (Å²) < 4.78 is 68.5. The summed E-state index contributed by atoms with van der Waals surface area (Å²) >= 11 is 0. The van der Waals surface area contributed by atoms with Crippen LogP contribution in [0, 0.1) is 11.8 Å². The largest absolute Gasteiger partial charge is 0.472 e. The van der Waals surface area contributed by atoms with Crippen molar-refractivity contribution in [3.8, 4) is 0 Å². The Kier molecular flexibility index (Phi) is 70.3. The van der Waals surface area contributed by atoms with Crippen LogP contribution in [0.1, 0.15) is 420 Å². The van der Waals surface area contributed by atoms with Gasteiger partial charge in [-0.05, 0) is 37.5 Å². The average Bonchev–Trinajstić information content (AvgIpc) is 0.973. The van der Waals surface area contributed by atoms with Crippen LogP contribution in [-0.4, -0.2) is 96.7 Å². The molecule has 0 saturated carbocycles. The molecule has 0 fully saturated rings. The van der Waals surface area contributed by atoms with E-state index < -0.39 is 97.5 Å². The fourth-order valence-corrected chi connectivity index (χ4v) is 13.9. The Morgan fingerprint density at radius 2 is 0.485 bits per heavy atom. The summed E-state index contributed by atoms with van der Waals surface area (Å²) in [5.74, 6) is -0.425. The van der Waals surface area contributed by atoms with Gasteiger partial charge in [-0.25, -0.2) is 9.13 Å². The predicted molar refractivity (Wildman–Crippen MR) is 405 cm³/mol. The molecule has 0 heterocycles. The van der Waals surface area contributed by atoms with Crippen LogP contribution in [0.15, 0.2) is 0 Å². The summed E-state index contributed by atoms with van der Waals surface area (Å²) in [5, 5.41) is 10.6. The van der Waals surface area contributed by atoms with Crippen molar-refractivity contribution in [3.63, 3.8) is 0 Å². The van der Waals surface area contributed by atoms with Crippen molar-refractivity contribution in [2.24, 2.45) is 11.8 Å². The van der Waals surface area contributed by atoms with Gasteiger partial charge in [0.15, 0.2) is 12.2 Å². The van der Waals surface area contributed by atoms with E-state index in [4.69, 9.17) is 37.0 Å². The highest BCUT2D eigenvalue weighted by molar-refractivity contribution is 7.47. The van der Waals surface area contributed by atoms with E-state index in [0.29, 0.717) is 25.7 Å². The van der Waals surface area contributed by atoms with Crippen LogP contribution >= 0.6 is 15.6 Å². The zero-order valence-corrected chi connectivity index (χ0v) is 66.6. The third kappa shape index (κ3) is 71.5. The maximum absolute atomic E-state index is 13.1. The molecule has 3 N–H and O–H groups in total. The summed E-state index contributed by atoms with van der Waals surface area (Å²) in [5.41, 5.74) is 0. The average molecular weight is 1450 g/mol. The number of carbonyl (C=O) groups is 4. The molecular formula is C80H156O17P2. The van der Waals surface area contributed by atoms with Crippen molar-refractivity contribution in [2.75, 3.05) is 39.6 Å². The molecule has 0 bridgehead atoms. The van der Waals surface area contributed by atoms with Gasteiger partial charge in [-0.1, -0.05) is 369 Å². The van der Waals surface area contributed by atoms with Gasteiger partial charge in [0, 0.05) is 25.7 Å². The first-order chi connectivity index (χ1) is 47.9. The number of rotatable bonds is 79. The molecule has 0 aliphatic carbocycles. The van der Waals surface area contributed by atoms with Crippen LogP contribution in [0.25, 0.3) is 0 Å². The fraction of sp³-hybridized carbons (Fsp3) is 0.950. The van der Waals surface area contributed by atoms with Crippen LogP contribution in [0.3, 0.4) is 0 Å². The number of hydrogen-bond donors (Lipinski definition) is 3. The summed E-state index contributed by atoms with van der Waals surface area (Å²) in [6.45, 7) is 9.65. The summed E-state index contributed by atoms with van der Waals surface area (Å²) in [6, 6.07) is 0. The van der Waals surface area contributed by atoms with Gasteiger partial charge >= 0.3 is 39.5 Å². The second-order valence-electron chi connectivity index (χ2n) is 29.3. The topological polar surface area (TPSA) is 237 Å². The lowest BCUT2D eigenvalue weighted by Crippen LogP contribution is -2.30. The number of hydrogen-bond acceptors (Lipinski definition) is 15. The van der Waals surface area contributed by atoms with Gasteiger partial charge in [-0.3, -0.25) is 37.3 Å². The van der Waals surface area contributed by atoms with Gasteiger partial charge in [0.05, 0.1) is 26.4 Å². The standard InChI is InChI=1S/C80H156O17P2/c1-7-11-13-15-16-17-18-19-20-21-22-23-31-36-41-46-52-58-64-79(84)96-75(68-90-77(82)62-56-48-14-12-8-2)70-94-98(86,87)92-66-74(81)67-93-99(88,89)95-71-76(97-80(85)65-59-53-47-42-37-32-27-25-29-34-39-44-50-55-61-73(6)10-4)69-91-78(83)63-57-51-45-40-35-30-26-24-28-33-38-43-49-54-60-72(5)9-3/h72-76,81H,7-71H2,1-6H3,(H,86,87)(H,88,89)/t72?,73?,74-,75+,76+/m0/s1. The summed E-state index contributed by atoms with van der Waals surface area (Å²) in [4.78, 5) is 72.7. The lowest BCUT2D eigenvalue weighted by molar-refractivity contribution is -0.161. The summed E-state index contributed by atoms with van der Waals surface area (Å²) in [6.07, 6.45) is 61.3. The van der Waals surface area contributed by atoms with Gasteiger partial charge in [-0.15, -0.1) is 0 Å². The Morgan fingerprint density at radius 3 is 0.717 bits per heavy atom. The molecule has 0 amide bonds. The number of aliphatic hydroxyl groups excluding tert-OH is 1.